The molecule has 4 rings (SSSR count). The van der Waals surface area contributed by atoms with Crippen molar-refractivity contribution in [1.82, 2.24) is 9.97 Å². The summed E-state index contributed by atoms with van der Waals surface area (Å²) < 4.78 is 79.4. The van der Waals surface area contributed by atoms with Gasteiger partial charge < -0.3 is 14.6 Å². The Balaban J connectivity index is 0.000000211. The molecule has 12 heteroatoms. The number of halogens is 6. The molecule has 2 aromatic carbocycles. The van der Waals surface area contributed by atoms with Crippen LogP contribution in [0.1, 0.15) is 15.9 Å². The molecule has 198 valence electrons. The van der Waals surface area contributed by atoms with E-state index in [0.717, 1.165) is 0 Å². The van der Waals surface area contributed by atoms with E-state index in [9.17, 15) is 31.1 Å². The van der Waals surface area contributed by atoms with Gasteiger partial charge in [0, 0.05) is 29.1 Å². The van der Waals surface area contributed by atoms with E-state index < -0.39 is 12.7 Å². The summed E-state index contributed by atoms with van der Waals surface area (Å²) >= 11 is 0. The van der Waals surface area contributed by atoms with Crippen molar-refractivity contribution in [3.63, 3.8) is 0 Å². The van der Waals surface area contributed by atoms with Gasteiger partial charge in [0.25, 0.3) is 0 Å². The van der Waals surface area contributed by atoms with E-state index in [1.807, 2.05) is 0 Å². The number of aliphatic hydroxyl groups is 1. The Bertz CT molecular complexity index is 1310. The lowest BCUT2D eigenvalue weighted by Crippen LogP contribution is -2.16. The number of carbonyl (C=O) groups excluding carboxylic acids is 1. The van der Waals surface area contributed by atoms with Crippen molar-refractivity contribution in [1.29, 1.82) is 0 Å². The Morgan fingerprint density at radius 3 is 1.42 bits per heavy atom. The maximum Gasteiger partial charge on any atom is 0.573 e. The van der Waals surface area contributed by atoms with Gasteiger partial charge in [0.2, 0.25) is 0 Å². The largest absolute Gasteiger partial charge is 0.573 e. The molecule has 0 unspecified atom stereocenters. The number of hydrogen-bond acceptors (Lipinski definition) is 6. The van der Waals surface area contributed by atoms with Gasteiger partial charge in [0.15, 0.2) is 6.29 Å². The summed E-state index contributed by atoms with van der Waals surface area (Å²) in [5.41, 5.74) is 3.56. The molecule has 0 fully saturated rings. The van der Waals surface area contributed by atoms with Crippen LogP contribution < -0.4 is 9.47 Å². The molecular weight excluding hydrogens is 518 g/mol. The van der Waals surface area contributed by atoms with Gasteiger partial charge in [-0.2, -0.15) is 0 Å². The van der Waals surface area contributed by atoms with Crippen molar-refractivity contribution >= 4 is 6.29 Å². The SMILES string of the molecule is O=Cc1ccc(-c2ccc(OC(F)(F)F)cc2)nc1.OCc1ccc(-c2ccc(OC(F)(F)F)cc2)nc1. The minimum atomic E-state index is -4.70. The number of rotatable bonds is 6. The van der Waals surface area contributed by atoms with E-state index >= 15 is 0 Å². The van der Waals surface area contributed by atoms with Gasteiger partial charge in [0.1, 0.15) is 11.5 Å². The Morgan fingerprint density at radius 2 is 1.11 bits per heavy atom. The average molecular weight is 536 g/mol. The summed E-state index contributed by atoms with van der Waals surface area (Å²) in [5, 5.41) is 8.88. The number of aromatic nitrogens is 2. The number of alkyl halides is 6. The molecule has 0 spiro atoms. The van der Waals surface area contributed by atoms with Crippen LogP contribution in [0.25, 0.3) is 22.5 Å². The van der Waals surface area contributed by atoms with Gasteiger partial charge in [-0.25, -0.2) is 0 Å². The average Bonchev–Trinajstić information content (AvgIpc) is 2.88. The summed E-state index contributed by atoms with van der Waals surface area (Å²) in [6.07, 6.45) is -5.83. The van der Waals surface area contributed by atoms with Crippen LogP contribution in [0.3, 0.4) is 0 Å². The van der Waals surface area contributed by atoms with Crippen LogP contribution in [-0.2, 0) is 6.61 Å². The Hall–Kier alpha value is -4.45. The summed E-state index contributed by atoms with van der Waals surface area (Å²) in [6, 6.07) is 17.3. The zero-order valence-corrected chi connectivity index (χ0v) is 19.2. The third kappa shape index (κ3) is 8.89. The van der Waals surface area contributed by atoms with Crippen molar-refractivity contribution in [2.75, 3.05) is 0 Å². The molecule has 38 heavy (non-hydrogen) atoms. The smallest absolute Gasteiger partial charge is 0.406 e. The molecule has 0 aliphatic rings. The third-order valence-electron chi connectivity index (χ3n) is 4.70. The topological polar surface area (TPSA) is 81.5 Å². The summed E-state index contributed by atoms with van der Waals surface area (Å²) in [4.78, 5) is 18.6. The first-order chi connectivity index (χ1) is 18.0. The molecule has 0 amide bonds. The highest BCUT2D eigenvalue weighted by molar-refractivity contribution is 5.75. The van der Waals surface area contributed by atoms with Crippen molar-refractivity contribution in [2.45, 2.75) is 19.3 Å². The fraction of sp³-hybridized carbons (Fsp3) is 0.115. The van der Waals surface area contributed by atoms with Crippen molar-refractivity contribution < 1.29 is 45.7 Å². The number of carbonyl (C=O) groups is 1. The van der Waals surface area contributed by atoms with Gasteiger partial charge in [-0.15, -0.1) is 26.3 Å². The summed E-state index contributed by atoms with van der Waals surface area (Å²) in [5.74, 6) is -0.566. The molecule has 2 heterocycles. The Morgan fingerprint density at radius 1 is 0.658 bits per heavy atom. The number of aldehydes is 1. The van der Waals surface area contributed by atoms with Crippen LogP contribution in [0.15, 0.2) is 85.2 Å². The second-order valence-electron chi connectivity index (χ2n) is 7.45. The van der Waals surface area contributed by atoms with Gasteiger partial charge >= 0.3 is 12.7 Å². The lowest BCUT2D eigenvalue weighted by Gasteiger charge is -2.09. The standard InChI is InChI=1S/C13H10F3NO2.C13H8F3NO2/c2*14-13(15,16)19-11-4-2-10(3-5-11)12-6-1-9(8-18)7-17-12/h1-7,18H,8H2;1-8H. The molecule has 0 aliphatic carbocycles. The minimum absolute atomic E-state index is 0.106. The number of pyridine rings is 2. The molecule has 4 aromatic rings. The van der Waals surface area contributed by atoms with Crippen molar-refractivity contribution in [3.8, 4) is 34.0 Å². The van der Waals surface area contributed by atoms with E-state index in [0.29, 0.717) is 39.9 Å². The minimum Gasteiger partial charge on any atom is -0.406 e. The predicted molar refractivity (Wildman–Crippen MR) is 124 cm³/mol. The lowest BCUT2D eigenvalue weighted by atomic mass is 10.1. The molecule has 0 saturated heterocycles. The number of benzene rings is 2. The van der Waals surface area contributed by atoms with E-state index in [-0.39, 0.29) is 18.1 Å². The van der Waals surface area contributed by atoms with Crippen molar-refractivity contribution in [3.05, 3.63) is 96.3 Å². The number of aliphatic hydroxyl groups excluding tert-OH is 1. The van der Waals surface area contributed by atoms with Crippen LogP contribution in [0.5, 0.6) is 11.5 Å². The van der Waals surface area contributed by atoms with Gasteiger partial charge in [-0.05, 0) is 72.3 Å². The third-order valence-corrected chi connectivity index (χ3v) is 4.70. The second kappa shape index (κ2) is 12.2. The lowest BCUT2D eigenvalue weighted by molar-refractivity contribution is -0.275. The summed E-state index contributed by atoms with van der Waals surface area (Å²) in [6.45, 7) is -0.106. The molecule has 0 saturated carbocycles. The first-order valence-corrected chi connectivity index (χ1v) is 10.6. The molecule has 1 N–H and O–H groups in total. The molecular formula is C26H18F6N2O4. The van der Waals surface area contributed by atoms with Crippen LogP contribution in [0, 0.1) is 0 Å². The van der Waals surface area contributed by atoms with E-state index in [1.54, 1.807) is 24.3 Å². The fourth-order valence-corrected chi connectivity index (χ4v) is 2.99. The number of nitrogens with zero attached hydrogens (tertiary/aromatic N) is 2. The first kappa shape index (κ1) is 28.1. The molecule has 0 aliphatic heterocycles. The highest BCUT2D eigenvalue weighted by atomic mass is 19.4. The number of hydrogen-bond donors (Lipinski definition) is 1. The normalized spacial score (nSPS) is 11.2. The Labute approximate surface area is 212 Å². The van der Waals surface area contributed by atoms with Crippen LogP contribution >= 0.6 is 0 Å². The predicted octanol–water partition coefficient (Wildman–Crippen LogP) is 6.60. The zero-order chi connectivity index (χ0) is 27.8. The molecule has 2 aromatic heterocycles. The molecule has 0 radical (unpaired) electrons. The fourth-order valence-electron chi connectivity index (χ4n) is 2.99. The quantitative estimate of drug-likeness (QED) is 0.221. The molecule has 0 bridgehead atoms. The van der Waals surface area contributed by atoms with E-state index in [1.165, 1.54) is 60.9 Å². The number of ether oxygens (including phenoxy) is 2. The monoisotopic (exact) mass is 536 g/mol. The highest BCUT2D eigenvalue weighted by Gasteiger charge is 2.31. The Kier molecular flexibility index (Phi) is 9.02. The maximum absolute atomic E-state index is 12.0. The van der Waals surface area contributed by atoms with Crippen LogP contribution in [0.4, 0.5) is 26.3 Å². The van der Waals surface area contributed by atoms with Crippen LogP contribution in [-0.4, -0.2) is 34.1 Å². The zero-order valence-electron chi connectivity index (χ0n) is 19.2. The van der Waals surface area contributed by atoms with Gasteiger partial charge in [-0.1, -0.05) is 6.07 Å². The summed E-state index contributed by atoms with van der Waals surface area (Å²) in [7, 11) is 0. The van der Waals surface area contributed by atoms with Crippen LogP contribution in [0.2, 0.25) is 0 Å². The van der Waals surface area contributed by atoms with E-state index in [4.69, 9.17) is 5.11 Å². The first-order valence-electron chi connectivity index (χ1n) is 10.6. The van der Waals surface area contributed by atoms with Gasteiger partial charge in [0.05, 0.1) is 18.0 Å². The second-order valence-corrected chi connectivity index (χ2v) is 7.45. The van der Waals surface area contributed by atoms with Gasteiger partial charge in [-0.3, -0.25) is 14.8 Å². The molecule has 0 atom stereocenters. The maximum atomic E-state index is 12.0. The van der Waals surface area contributed by atoms with E-state index in [2.05, 4.69) is 19.4 Å². The molecule has 6 nitrogen and oxygen atoms in total. The van der Waals surface area contributed by atoms with Crippen molar-refractivity contribution in [2.24, 2.45) is 0 Å². The highest BCUT2D eigenvalue weighted by Crippen LogP contribution is 2.27.